The Balaban J connectivity index is 2.68. The van der Waals surface area contributed by atoms with Crippen molar-refractivity contribution in [2.24, 2.45) is 0 Å². The average molecular weight is 568 g/mol. The van der Waals surface area contributed by atoms with Crippen molar-refractivity contribution in [3.63, 3.8) is 0 Å². The first kappa shape index (κ1) is 35.0. The molecule has 1 aromatic carbocycles. The number of carbonyl (C=O) groups is 2. The molecule has 39 heavy (non-hydrogen) atoms. The van der Waals surface area contributed by atoms with E-state index in [-0.39, 0.29) is 19.1 Å². The van der Waals surface area contributed by atoms with E-state index in [4.69, 9.17) is 13.8 Å². The zero-order chi connectivity index (χ0) is 28.8. The Kier molecular flexibility index (Phi) is 19.6. The number of esters is 1. The van der Waals surface area contributed by atoms with Crippen LogP contribution in [0.2, 0.25) is 0 Å². The van der Waals surface area contributed by atoms with Gasteiger partial charge in [-0.1, -0.05) is 102 Å². The van der Waals surface area contributed by atoms with E-state index in [1.807, 2.05) is 6.08 Å². The predicted octanol–water partition coefficient (Wildman–Crippen LogP) is 7.52. The molecule has 0 heterocycles. The third kappa shape index (κ3) is 18.1. The molecule has 0 saturated carbocycles. The molecule has 0 aromatic heterocycles. The molecule has 2 N–H and O–H groups in total. The average Bonchev–Trinajstić information content (AvgIpc) is 2.92. The molecule has 0 saturated heterocycles. The van der Waals surface area contributed by atoms with Crippen LogP contribution >= 0.6 is 7.82 Å². The predicted molar refractivity (Wildman–Crippen MR) is 155 cm³/mol. The van der Waals surface area contributed by atoms with E-state index in [0.29, 0.717) is 12.0 Å². The normalized spacial score (nSPS) is 14.6. The Bertz CT molecular complexity index is 862. The molecule has 0 aliphatic carbocycles. The minimum absolute atomic E-state index is 0.0594. The number of phosphoric acid groups is 1. The summed E-state index contributed by atoms with van der Waals surface area (Å²) in [7, 11) is -4.31. The first-order valence-electron chi connectivity index (χ1n) is 14.6. The van der Waals surface area contributed by atoms with Gasteiger partial charge in [0, 0.05) is 6.92 Å². The van der Waals surface area contributed by atoms with Gasteiger partial charge in [0.1, 0.15) is 6.10 Å². The molecule has 1 unspecified atom stereocenters. The zero-order valence-corrected chi connectivity index (χ0v) is 25.0. The number of carbonyl (C=O) groups excluding carboxylic acids is 2. The Morgan fingerprint density at radius 1 is 0.897 bits per heavy atom. The molecule has 0 aliphatic heterocycles. The highest BCUT2D eigenvalue weighted by atomic mass is 31.2. The lowest BCUT2D eigenvalue weighted by molar-refractivity contribution is -0.120. The van der Waals surface area contributed by atoms with Gasteiger partial charge in [-0.3, -0.25) is 13.8 Å². The maximum absolute atomic E-state index is 12.8. The lowest BCUT2D eigenvalue weighted by atomic mass is 10.0. The van der Waals surface area contributed by atoms with Crippen molar-refractivity contribution in [2.75, 3.05) is 13.2 Å². The van der Waals surface area contributed by atoms with Crippen LogP contribution in [0.5, 0.6) is 0 Å². The quantitative estimate of drug-likeness (QED) is 0.0609. The number of rotatable bonds is 23. The van der Waals surface area contributed by atoms with Crippen LogP contribution < -0.4 is 5.32 Å². The fourth-order valence-electron chi connectivity index (χ4n) is 4.08. The van der Waals surface area contributed by atoms with Crippen molar-refractivity contribution in [3.8, 4) is 0 Å². The molecule has 0 spiro atoms. The number of phosphoric ester groups is 1. The lowest BCUT2D eigenvalue weighted by Crippen LogP contribution is -2.46. The number of hydrogen-bond acceptors (Lipinski definition) is 6. The number of nitrogens with one attached hydrogen (secondary N) is 1. The fourth-order valence-corrected chi connectivity index (χ4v) is 4.91. The van der Waals surface area contributed by atoms with Crippen molar-refractivity contribution >= 4 is 19.7 Å². The molecule has 0 bridgehead atoms. The highest BCUT2D eigenvalue weighted by molar-refractivity contribution is 7.47. The Hall–Kier alpha value is -1.99. The Labute approximate surface area is 235 Å². The number of allylic oxidation sites excluding steroid dienone is 1. The highest BCUT2D eigenvalue weighted by Crippen LogP contribution is 2.43. The van der Waals surface area contributed by atoms with E-state index in [1.54, 1.807) is 43.3 Å². The van der Waals surface area contributed by atoms with E-state index >= 15 is 0 Å². The maximum atomic E-state index is 12.8. The summed E-state index contributed by atoms with van der Waals surface area (Å²) in [5.41, 5.74) is 0.364. The third-order valence-electron chi connectivity index (χ3n) is 6.21. The summed E-state index contributed by atoms with van der Waals surface area (Å²) in [5, 5.41) is 2.68. The standard InChI is InChI=1S/C30H50NO7P/c1-4-6-7-8-9-10-11-12-13-14-15-16-20-23-29(38-30(33)27-21-18-17-19-22-27)28(31-26(3)32)25-37-39(34,35)36-24-5-2/h17-23,28-29H,4-16,24-25H2,1-3H3,(H,31,32)(H,34,35)/b23-20+/t28-,29+/m0/s1. The number of hydrogen-bond donors (Lipinski definition) is 2. The van der Waals surface area contributed by atoms with Gasteiger partial charge in [-0.05, 0) is 37.5 Å². The van der Waals surface area contributed by atoms with Gasteiger partial charge in [0.15, 0.2) is 0 Å². The largest absolute Gasteiger partial charge is 0.472 e. The van der Waals surface area contributed by atoms with Gasteiger partial charge < -0.3 is 14.9 Å². The monoisotopic (exact) mass is 567 g/mol. The van der Waals surface area contributed by atoms with Crippen LogP contribution in [-0.2, 0) is 23.1 Å². The molecule has 1 amide bonds. The van der Waals surface area contributed by atoms with E-state index in [9.17, 15) is 19.0 Å². The second-order valence-electron chi connectivity index (χ2n) is 9.89. The summed E-state index contributed by atoms with van der Waals surface area (Å²) in [6, 6.07) is 7.65. The molecular formula is C30H50NO7P. The van der Waals surface area contributed by atoms with Crippen LogP contribution in [0.4, 0.5) is 0 Å². The maximum Gasteiger partial charge on any atom is 0.472 e. The van der Waals surface area contributed by atoms with Crippen LogP contribution in [0.3, 0.4) is 0 Å². The minimum Gasteiger partial charge on any atom is -0.452 e. The van der Waals surface area contributed by atoms with Crippen molar-refractivity contribution < 1.29 is 32.8 Å². The molecule has 1 aromatic rings. The summed E-state index contributed by atoms with van der Waals surface area (Å²) in [6.07, 6.45) is 17.9. The fraction of sp³-hybridized carbons (Fsp3) is 0.667. The summed E-state index contributed by atoms with van der Waals surface area (Å²) < 4.78 is 27.9. The van der Waals surface area contributed by atoms with Gasteiger partial charge in [0.05, 0.1) is 24.8 Å². The van der Waals surface area contributed by atoms with Crippen LogP contribution in [0.1, 0.15) is 115 Å². The molecule has 9 heteroatoms. The van der Waals surface area contributed by atoms with Crippen molar-refractivity contribution in [2.45, 2.75) is 116 Å². The number of benzene rings is 1. The third-order valence-corrected chi connectivity index (χ3v) is 7.20. The molecular weight excluding hydrogens is 517 g/mol. The molecule has 3 atom stereocenters. The molecule has 0 aliphatic rings. The van der Waals surface area contributed by atoms with Crippen LogP contribution in [0.25, 0.3) is 0 Å². The Morgan fingerprint density at radius 3 is 2.05 bits per heavy atom. The van der Waals surface area contributed by atoms with Crippen LogP contribution in [0.15, 0.2) is 42.5 Å². The lowest BCUT2D eigenvalue weighted by Gasteiger charge is -2.26. The van der Waals surface area contributed by atoms with E-state index in [0.717, 1.165) is 19.3 Å². The summed E-state index contributed by atoms with van der Waals surface area (Å²) in [6.45, 7) is 5.06. The van der Waals surface area contributed by atoms with Crippen molar-refractivity contribution in [1.82, 2.24) is 5.32 Å². The van der Waals surface area contributed by atoms with Gasteiger partial charge >= 0.3 is 13.8 Å². The van der Waals surface area contributed by atoms with Crippen LogP contribution in [0, 0.1) is 0 Å². The number of unbranched alkanes of at least 4 members (excludes halogenated alkanes) is 11. The van der Waals surface area contributed by atoms with E-state index in [1.165, 1.54) is 64.7 Å². The second-order valence-corrected chi connectivity index (χ2v) is 11.3. The SMILES string of the molecule is CCCCCCCCCCCCC/C=C/[C@@H](OC(=O)c1ccccc1)[C@H](COP(=O)(O)OCCC)NC(C)=O. The van der Waals surface area contributed by atoms with E-state index < -0.39 is 25.9 Å². The second kappa shape index (κ2) is 21.8. The van der Waals surface area contributed by atoms with Gasteiger partial charge in [-0.15, -0.1) is 0 Å². The zero-order valence-electron chi connectivity index (χ0n) is 24.1. The van der Waals surface area contributed by atoms with Crippen molar-refractivity contribution in [1.29, 1.82) is 0 Å². The molecule has 0 fully saturated rings. The van der Waals surface area contributed by atoms with Crippen LogP contribution in [-0.4, -0.2) is 42.1 Å². The number of ether oxygens (including phenoxy) is 1. The summed E-state index contributed by atoms with van der Waals surface area (Å²) >= 11 is 0. The van der Waals surface area contributed by atoms with Gasteiger partial charge in [0.2, 0.25) is 5.91 Å². The summed E-state index contributed by atoms with van der Waals surface area (Å²) in [5.74, 6) is -0.949. The first-order chi connectivity index (χ1) is 18.8. The van der Waals surface area contributed by atoms with E-state index in [2.05, 4.69) is 12.2 Å². The first-order valence-corrected chi connectivity index (χ1v) is 16.1. The molecule has 8 nitrogen and oxygen atoms in total. The van der Waals surface area contributed by atoms with Gasteiger partial charge in [0.25, 0.3) is 0 Å². The van der Waals surface area contributed by atoms with Gasteiger partial charge in [-0.2, -0.15) is 0 Å². The molecule has 1 rings (SSSR count). The van der Waals surface area contributed by atoms with Gasteiger partial charge in [-0.25, -0.2) is 9.36 Å². The molecule has 0 radical (unpaired) electrons. The van der Waals surface area contributed by atoms with Crippen molar-refractivity contribution in [3.05, 3.63) is 48.0 Å². The summed E-state index contributed by atoms with van der Waals surface area (Å²) in [4.78, 5) is 34.6. The molecule has 222 valence electrons. The smallest absolute Gasteiger partial charge is 0.452 e. The minimum atomic E-state index is -4.31. The Morgan fingerprint density at radius 2 is 1.49 bits per heavy atom. The highest BCUT2D eigenvalue weighted by Gasteiger charge is 2.29. The topological polar surface area (TPSA) is 111 Å². The number of amides is 1.